The molecule has 0 amide bonds. The van der Waals surface area contributed by atoms with Crippen LogP contribution in [0.25, 0.3) is 11.5 Å². The highest BCUT2D eigenvalue weighted by Gasteiger charge is 2.18. The first-order chi connectivity index (χ1) is 8.61. The molecule has 5 nitrogen and oxygen atoms in total. The summed E-state index contributed by atoms with van der Waals surface area (Å²) in [5, 5.41) is 9.07. The summed E-state index contributed by atoms with van der Waals surface area (Å²) in [5.74, 6) is 0.570. The molecule has 0 bridgehead atoms. The number of oxazole rings is 1. The van der Waals surface area contributed by atoms with Crippen LogP contribution in [0.4, 0.5) is 4.79 Å². The molecule has 0 unspecified atom stereocenters. The number of hydrogen-bond donors (Lipinski definition) is 1. The minimum atomic E-state index is -1.43. The van der Waals surface area contributed by atoms with Crippen LogP contribution in [0.2, 0.25) is 5.02 Å². The van der Waals surface area contributed by atoms with Gasteiger partial charge in [-0.3, -0.25) is 0 Å². The number of hydrogen-bond acceptors (Lipinski definition) is 4. The summed E-state index contributed by atoms with van der Waals surface area (Å²) < 4.78 is 9.99. The second kappa shape index (κ2) is 5.10. The fourth-order valence-corrected chi connectivity index (χ4v) is 1.69. The van der Waals surface area contributed by atoms with Gasteiger partial charge in [0.15, 0.2) is 5.76 Å². The first kappa shape index (κ1) is 12.4. The number of aromatic nitrogens is 1. The number of aryl methyl sites for hydroxylation is 1. The van der Waals surface area contributed by atoms with Gasteiger partial charge < -0.3 is 14.3 Å². The van der Waals surface area contributed by atoms with Gasteiger partial charge in [0.2, 0.25) is 5.89 Å². The monoisotopic (exact) mass is 267 g/mol. The molecule has 0 saturated carbocycles. The normalized spacial score (nSPS) is 10.3. The van der Waals surface area contributed by atoms with Gasteiger partial charge >= 0.3 is 6.16 Å². The molecule has 0 spiro atoms. The van der Waals surface area contributed by atoms with Gasteiger partial charge in [0, 0.05) is 6.42 Å². The smallest absolute Gasteiger partial charge is 0.449 e. The highest BCUT2D eigenvalue weighted by atomic mass is 35.5. The molecule has 6 heteroatoms. The van der Waals surface area contributed by atoms with Crippen molar-refractivity contribution in [3.05, 3.63) is 35.0 Å². The Kier molecular flexibility index (Phi) is 3.53. The summed E-state index contributed by atoms with van der Waals surface area (Å²) in [5.41, 5.74) is 0.592. The van der Waals surface area contributed by atoms with Crippen molar-refractivity contribution in [3.8, 4) is 17.3 Å². The summed E-state index contributed by atoms with van der Waals surface area (Å²) in [6.45, 7) is 1.81. The Morgan fingerprint density at radius 2 is 2.22 bits per heavy atom. The van der Waals surface area contributed by atoms with E-state index >= 15 is 0 Å². The van der Waals surface area contributed by atoms with E-state index in [1.165, 1.54) is 0 Å². The number of benzene rings is 1. The molecule has 1 aromatic heterocycles. The molecule has 0 saturated heterocycles. The van der Waals surface area contributed by atoms with Crippen LogP contribution in [0.1, 0.15) is 12.7 Å². The molecule has 0 aliphatic carbocycles. The van der Waals surface area contributed by atoms with Crippen LogP contribution in [0.3, 0.4) is 0 Å². The van der Waals surface area contributed by atoms with E-state index in [-0.39, 0.29) is 11.8 Å². The predicted molar refractivity (Wildman–Crippen MR) is 65.0 cm³/mol. The average Bonchev–Trinajstić information content (AvgIpc) is 2.71. The molecular weight excluding hydrogens is 258 g/mol. The van der Waals surface area contributed by atoms with Gasteiger partial charge in [0.1, 0.15) is 0 Å². The Labute approximate surface area is 108 Å². The molecule has 0 fully saturated rings. The number of nitrogens with zero attached hydrogens (tertiary/aromatic N) is 1. The second-order valence-corrected chi connectivity index (χ2v) is 3.86. The lowest BCUT2D eigenvalue weighted by atomic mass is 10.2. The quantitative estimate of drug-likeness (QED) is 0.860. The van der Waals surface area contributed by atoms with Crippen LogP contribution in [0.15, 0.2) is 28.7 Å². The zero-order valence-electron chi connectivity index (χ0n) is 9.51. The van der Waals surface area contributed by atoms with E-state index in [2.05, 4.69) is 9.72 Å². The Balaban J connectivity index is 2.44. The lowest BCUT2D eigenvalue weighted by Gasteiger charge is -1.97. The van der Waals surface area contributed by atoms with Crippen molar-refractivity contribution in [2.45, 2.75) is 13.3 Å². The number of carbonyl (C=O) groups is 1. The van der Waals surface area contributed by atoms with Gasteiger partial charge in [-0.05, 0) is 12.1 Å². The molecule has 1 heterocycles. The third-order valence-electron chi connectivity index (χ3n) is 2.27. The van der Waals surface area contributed by atoms with Crippen LogP contribution in [-0.2, 0) is 6.42 Å². The summed E-state index contributed by atoms with van der Waals surface area (Å²) >= 11 is 6.01. The van der Waals surface area contributed by atoms with Gasteiger partial charge in [-0.15, -0.1) is 0 Å². The van der Waals surface area contributed by atoms with Crippen molar-refractivity contribution in [2.75, 3.05) is 0 Å². The van der Waals surface area contributed by atoms with E-state index in [4.69, 9.17) is 21.1 Å². The van der Waals surface area contributed by atoms with Gasteiger partial charge in [-0.1, -0.05) is 30.7 Å². The number of rotatable bonds is 3. The lowest BCUT2D eigenvalue weighted by molar-refractivity contribution is 0.142. The summed E-state index contributed by atoms with van der Waals surface area (Å²) in [4.78, 5) is 14.5. The van der Waals surface area contributed by atoms with Crippen molar-refractivity contribution in [2.24, 2.45) is 0 Å². The van der Waals surface area contributed by atoms with Crippen LogP contribution < -0.4 is 4.74 Å². The molecule has 0 aliphatic rings. The third-order valence-corrected chi connectivity index (χ3v) is 2.60. The molecule has 0 atom stereocenters. The summed E-state index contributed by atoms with van der Waals surface area (Å²) in [6.07, 6.45) is -0.955. The van der Waals surface area contributed by atoms with Crippen molar-refractivity contribution in [1.29, 1.82) is 0 Å². The molecule has 0 radical (unpaired) electrons. The van der Waals surface area contributed by atoms with Crippen molar-refractivity contribution >= 4 is 17.8 Å². The maximum Gasteiger partial charge on any atom is 0.512 e. The standard InChI is InChI=1S/C12H10ClNO4/c1-2-9-11(18-12(15)16)14-10(17-9)7-5-3-4-6-8(7)13/h3-6H,2H2,1H3,(H,15,16). The molecule has 94 valence electrons. The van der Waals surface area contributed by atoms with E-state index in [0.717, 1.165) is 0 Å². The van der Waals surface area contributed by atoms with Crippen LogP contribution >= 0.6 is 11.6 Å². The zero-order chi connectivity index (χ0) is 13.1. The van der Waals surface area contributed by atoms with E-state index < -0.39 is 6.16 Å². The Hall–Kier alpha value is -2.01. The second-order valence-electron chi connectivity index (χ2n) is 3.45. The first-order valence-electron chi connectivity index (χ1n) is 5.27. The summed E-state index contributed by atoms with van der Waals surface area (Å²) in [7, 11) is 0. The van der Waals surface area contributed by atoms with E-state index in [1.54, 1.807) is 24.3 Å². The fourth-order valence-electron chi connectivity index (χ4n) is 1.47. The number of carboxylic acid groups (broad SMARTS) is 1. The highest BCUT2D eigenvalue weighted by molar-refractivity contribution is 6.33. The fraction of sp³-hybridized carbons (Fsp3) is 0.167. The molecule has 0 aliphatic heterocycles. The predicted octanol–water partition coefficient (Wildman–Crippen LogP) is 3.61. The molecular formula is C12H10ClNO4. The molecule has 2 aromatic rings. The van der Waals surface area contributed by atoms with Crippen molar-refractivity contribution in [3.63, 3.8) is 0 Å². The summed E-state index contributed by atoms with van der Waals surface area (Å²) in [6, 6.07) is 7.00. The van der Waals surface area contributed by atoms with Gasteiger partial charge in [0.25, 0.3) is 5.88 Å². The highest BCUT2D eigenvalue weighted by Crippen LogP contribution is 2.31. The molecule has 1 N–H and O–H groups in total. The van der Waals surface area contributed by atoms with Gasteiger partial charge in [-0.2, -0.15) is 4.98 Å². The Morgan fingerprint density at radius 1 is 1.50 bits per heavy atom. The van der Waals surface area contributed by atoms with E-state index in [1.807, 2.05) is 6.92 Å². The maximum atomic E-state index is 10.5. The number of ether oxygens (including phenoxy) is 1. The topological polar surface area (TPSA) is 72.6 Å². The minimum absolute atomic E-state index is 0.0417. The average molecular weight is 268 g/mol. The van der Waals surface area contributed by atoms with Gasteiger partial charge in [-0.25, -0.2) is 4.79 Å². The van der Waals surface area contributed by atoms with Crippen molar-refractivity contribution in [1.82, 2.24) is 4.98 Å². The molecule has 2 rings (SSSR count). The largest absolute Gasteiger partial charge is 0.512 e. The zero-order valence-corrected chi connectivity index (χ0v) is 10.3. The van der Waals surface area contributed by atoms with Crippen LogP contribution in [-0.4, -0.2) is 16.2 Å². The molecule has 1 aromatic carbocycles. The van der Waals surface area contributed by atoms with E-state index in [0.29, 0.717) is 22.8 Å². The minimum Gasteiger partial charge on any atom is -0.449 e. The SMILES string of the molecule is CCc1oc(-c2ccccc2Cl)nc1OC(=O)O. The van der Waals surface area contributed by atoms with E-state index in [9.17, 15) is 4.79 Å². The third kappa shape index (κ3) is 2.46. The Bertz CT molecular complexity index is 579. The van der Waals surface area contributed by atoms with Gasteiger partial charge in [0.05, 0.1) is 10.6 Å². The lowest BCUT2D eigenvalue weighted by Crippen LogP contribution is -2.04. The molecule has 18 heavy (non-hydrogen) atoms. The van der Waals surface area contributed by atoms with Crippen LogP contribution in [0.5, 0.6) is 5.88 Å². The Morgan fingerprint density at radius 3 is 2.83 bits per heavy atom. The van der Waals surface area contributed by atoms with Crippen LogP contribution in [0, 0.1) is 0 Å². The first-order valence-corrected chi connectivity index (χ1v) is 5.65. The maximum absolute atomic E-state index is 10.5. The van der Waals surface area contributed by atoms with Crippen molar-refractivity contribution < 1.29 is 19.1 Å². The number of halogens is 1.